The van der Waals surface area contributed by atoms with E-state index in [-0.39, 0.29) is 0 Å². The van der Waals surface area contributed by atoms with Crippen molar-refractivity contribution in [2.45, 2.75) is 13.5 Å². The molecule has 3 N–H and O–H groups in total. The molecule has 19 heavy (non-hydrogen) atoms. The number of imidazole rings is 1. The van der Waals surface area contributed by atoms with Gasteiger partial charge in [0.1, 0.15) is 5.82 Å². The molecule has 0 spiro atoms. The van der Waals surface area contributed by atoms with E-state index in [1.165, 1.54) is 11.1 Å². The van der Waals surface area contributed by atoms with Crippen molar-refractivity contribution < 1.29 is 0 Å². The molecule has 5 heteroatoms. The third kappa shape index (κ3) is 2.22. The molecule has 0 bridgehead atoms. The van der Waals surface area contributed by atoms with Crippen molar-refractivity contribution >= 4 is 17.3 Å². The molecule has 0 aliphatic carbocycles. The summed E-state index contributed by atoms with van der Waals surface area (Å²) in [5.74, 6) is 1.17. The molecule has 3 aromatic rings. The maximum Gasteiger partial charge on any atom is 0.180 e. The highest BCUT2D eigenvalue weighted by Gasteiger charge is 2.06. The van der Waals surface area contributed by atoms with Crippen LogP contribution in [0.4, 0.5) is 11.6 Å². The summed E-state index contributed by atoms with van der Waals surface area (Å²) in [4.78, 5) is 8.58. The largest absolute Gasteiger partial charge is 0.382 e. The maximum absolute atomic E-state index is 5.78. The number of anilines is 2. The Morgan fingerprint density at radius 2 is 2.16 bits per heavy atom. The predicted molar refractivity (Wildman–Crippen MR) is 75.9 cm³/mol. The average molecular weight is 253 g/mol. The first kappa shape index (κ1) is 11.5. The Bertz CT molecular complexity index is 717. The Labute approximate surface area is 111 Å². The quantitative estimate of drug-likeness (QED) is 0.751. The lowest BCUT2D eigenvalue weighted by Crippen LogP contribution is -2.06. The fourth-order valence-corrected chi connectivity index (χ4v) is 2.06. The van der Waals surface area contributed by atoms with E-state index in [2.05, 4.69) is 34.3 Å². The van der Waals surface area contributed by atoms with Crippen LogP contribution in [-0.2, 0) is 6.54 Å². The van der Waals surface area contributed by atoms with Crippen LogP contribution in [0.5, 0.6) is 0 Å². The minimum absolute atomic E-state index is 0.470. The fourth-order valence-electron chi connectivity index (χ4n) is 2.06. The molecule has 2 heterocycles. The molecule has 0 fully saturated rings. The van der Waals surface area contributed by atoms with Gasteiger partial charge in [-0.2, -0.15) is 0 Å². The lowest BCUT2D eigenvalue weighted by atomic mass is 10.1. The summed E-state index contributed by atoms with van der Waals surface area (Å²) < 4.78 is 1.86. The highest BCUT2D eigenvalue weighted by atomic mass is 15.1. The number of benzene rings is 1. The van der Waals surface area contributed by atoms with Crippen molar-refractivity contribution in [2.75, 3.05) is 11.1 Å². The number of fused-ring (bicyclic) bond motifs is 1. The van der Waals surface area contributed by atoms with Crippen LogP contribution in [0.2, 0.25) is 0 Å². The van der Waals surface area contributed by atoms with E-state index in [4.69, 9.17) is 5.73 Å². The third-order valence-electron chi connectivity index (χ3n) is 3.10. The maximum atomic E-state index is 5.78. The average Bonchev–Trinajstić information content (AvgIpc) is 2.85. The monoisotopic (exact) mass is 253 g/mol. The summed E-state index contributed by atoms with van der Waals surface area (Å²) in [5, 5.41) is 3.30. The molecular formula is C14H15N5. The van der Waals surface area contributed by atoms with Crippen LogP contribution in [-0.4, -0.2) is 14.4 Å². The van der Waals surface area contributed by atoms with E-state index < -0.39 is 0 Å². The van der Waals surface area contributed by atoms with Gasteiger partial charge in [0, 0.05) is 18.9 Å². The Morgan fingerprint density at radius 1 is 1.32 bits per heavy atom. The lowest BCUT2D eigenvalue weighted by molar-refractivity contribution is 1.06. The van der Waals surface area contributed by atoms with E-state index in [9.17, 15) is 0 Å². The van der Waals surface area contributed by atoms with E-state index in [0.717, 1.165) is 5.65 Å². The van der Waals surface area contributed by atoms with Crippen LogP contribution in [0.3, 0.4) is 0 Å². The van der Waals surface area contributed by atoms with Gasteiger partial charge in [-0.25, -0.2) is 9.97 Å². The van der Waals surface area contributed by atoms with Gasteiger partial charge in [0.15, 0.2) is 11.5 Å². The first-order chi connectivity index (χ1) is 9.24. The molecule has 3 rings (SSSR count). The zero-order valence-corrected chi connectivity index (χ0v) is 10.7. The molecule has 96 valence electrons. The van der Waals surface area contributed by atoms with Crippen LogP contribution >= 0.6 is 0 Å². The Hall–Kier alpha value is -2.56. The first-order valence-electron chi connectivity index (χ1n) is 6.11. The van der Waals surface area contributed by atoms with Crippen LogP contribution in [0, 0.1) is 6.92 Å². The van der Waals surface area contributed by atoms with Crippen molar-refractivity contribution in [3.8, 4) is 0 Å². The predicted octanol–water partition coefficient (Wildman–Crippen LogP) is 2.23. The molecule has 0 aliphatic rings. The van der Waals surface area contributed by atoms with Gasteiger partial charge >= 0.3 is 0 Å². The first-order valence-corrected chi connectivity index (χ1v) is 6.11. The van der Waals surface area contributed by atoms with Gasteiger partial charge in [-0.1, -0.05) is 24.3 Å². The number of hydrogen-bond acceptors (Lipinski definition) is 4. The molecular weight excluding hydrogens is 238 g/mol. The summed E-state index contributed by atoms with van der Waals surface area (Å²) >= 11 is 0. The van der Waals surface area contributed by atoms with Crippen LogP contribution in [0.25, 0.3) is 5.65 Å². The Morgan fingerprint density at radius 3 is 3.00 bits per heavy atom. The zero-order valence-electron chi connectivity index (χ0n) is 10.7. The second kappa shape index (κ2) is 4.61. The number of rotatable bonds is 3. The van der Waals surface area contributed by atoms with Gasteiger partial charge in [-0.3, -0.25) is 0 Å². The number of nitrogens with two attached hydrogens (primary N) is 1. The van der Waals surface area contributed by atoms with Crippen molar-refractivity contribution in [1.82, 2.24) is 14.4 Å². The van der Waals surface area contributed by atoms with Gasteiger partial charge in [0.2, 0.25) is 0 Å². The Balaban J connectivity index is 1.90. The standard InChI is InChI=1S/C14H15N5/c1-10-4-2-3-5-11(10)8-17-13-14-16-6-7-19(14)9-12(15)18-13/h2-7,9H,8,15H2,1H3,(H,17,18). The van der Waals surface area contributed by atoms with E-state index in [0.29, 0.717) is 18.2 Å². The zero-order chi connectivity index (χ0) is 13.2. The van der Waals surface area contributed by atoms with Crippen molar-refractivity contribution in [2.24, 2.45) is 0 Å². The van der Waals surface area contributed by atoms with Gasteiger partial charge in [0.05, 0.1) is 6.20 Å². The molecule has 0 amide bonds. The number of aryl methyl sites for hydroxylation is 1. The summed E-state index contributed by atoms with van der Waals surface area (Å²) in [7, 11) is 0. The Kier molecular flexibility index (Phi) is 2.79. The normalized spacial score (nSPS) is 10.8. The van der Waals surface area contributed by atoms with Crippen molar-refractivity contribution in [1.29, 1.82) is 0 Å². The smallest absolute Gasteiger partial charge is 0.180 e. The summed E-state index contributed by atoms with van der Waals surface area (Å²) in [6.45, 7) is 2.79. The van der Waals surface area contributed by atoms with E-state index >= 15 is 0 Å². The van der Waals surface area contributed by atoms with Gasteiger partial charge < -0.3 is 15.5 Å². The van der Waals surface area contributed by atoms with Gasteiger partial charge in [0.25, 0.3) is 0 Å². The second-order valence-electron chi connectivity index (χ2n) is 4.45. The molecule has 0 saturated heterocycles. The molecule has 1 aromatic carbocycles. The van der Waals surface area contributed by atoms with Crippen LogP contribution < -0.4 is 11.1 Å². The fraction of sp³-hybridized carbons (Fsp3) is 0.143. The third-order valence-corrected chi connectivity index (χ3v) is 3.10. The number of hydrogen-bond donors (Lipinski definition) is 2. The molecule has 0 aliphatic heterocycles. The highest BCUT2D eigenvalue weighted by molar-refractivity contribution is 5.64. The molecule has 2 aromatic heterocycles. The number of nitrogens with zero attached hydrogens (tertiary/aromatic N) is 3. The number of nitrogen functional groups attached to an aromatic ring is 1. The number of nitrogens with one attached hydrogen (secondary N) is 1. The highest BCUT2D eigenvalue weighted by Crippen LogP contribution is 2.16. The lowest BCUT2D eigenvalue weighted by Gasteiger charge is -2.09. The molecule has 0 radical (unpaired) electrons. The minimum Gasteiger partial charge on any atom is -0.382 e. The molecule has 0 saturated carbocycles. The number of aromatic nitrogens is 3. The van der Waals surface area contributed by atoms with Gasteiger partial charge in [-0.05, 0) is 18.1 Å². The molecule has 0 atom stereocenters. The van der Waals surface area contributed by atoms with Crippen LogP contribution in [0.15, 0.2) is 42.9 Å². The molecule has 0 unspecified atom stereocenters. The summed E-state index contributed by atoms with van der Waals surface area (Å²) in [6, 6.07) is 8.25. The summed E-state index contributed by atoms with van der Waals surface area (Å²) in [6.07, 6.45) is 5.34. The molecule has 5 nitrogen and oxygen atoms in total. The van der Waals surface area contributed by atoms with E-state index in [1.54, 1.807) is 12.4 Å². The van der Waals surface area contributed by atoms with Crippen LogP contribution in [0.1, 0.15) is 11.1 Å². The second-order valence-corrected chi connectivity index (χ2v) is 4.45. The van der Waals surface area contributed by atoms with Crippen molar-refractivity contribution in [3.05, 3.63) is 54.0 Å². The minimum atomic E-state index is 0.470. The van der Waals surface area contributed by atoms with E-state index in [1.807, 2.05) is 22.7 Å². The topological polar surface area (TPSA) is 68.2 Å². The van der Waals surface area contributed by atoms with Crippen molar-refractivity contribution in [3.63, 3.8) is 0 Å². The summed E-state index contributed by atoms with van der Waals surface area (Å²) in [5.41, 5.74) is 9.04. The van der Waals surface area contributed by atoms with Gasteiger partial charge in [-0.15, -0.1) is 0 Å². The SMILES string of the molecule is Cc1ccccc1CNc1nc(N)cn2ccnc12.